The number of non-ortho nitro benzene ring substituents is 1. The van der Waals surface area contributed by atoms with Crippen LogP contribution < -0.4 is 5.69 Å². The average Bonchev–Trinajstić information content (AvgIpc) is 3.01. The maximum atomic E-state index is 12.7. The number of hydrogen-bond acceptors (Lipinski definition) is 4. The van der Waals surface area contributed by atoms with Crippen molar-refractivity contribution < 1.29 is 9.72 Å². The van der Waals surface area contributed by atoms with Gasteiger partial charge in [0, 0.05) is 38.7 Å². The Balaban J connectivity index is 1.77. The van der Waals surface area contributed by atoms with Crippen LogP contribution in [0.2, 0.25) is 0 Å². The van der Waals surface area contributed by atoms with Gasteiger partial charge in [0.05, 0.1) is 22.0 Å². The summed E-state index contributed by atoms with van der Waals surface area (Å²) in [5.74, 6) is -0.135. The Kier molecular flexibility index (Phi) is 5.81. The van der Waals surface area contributed by atoms with E-state index in [1.807, 2.05) is 38.1 Å². The van der Waals surface area contributed by atoms with Gasteiger partial charge in [0.15, 0.2) is 0 Å². The minimum absolute atomic E-state index is 0.00544. The molecule has 152 valence electrons. The summed E-state index contributed by atoms with van der Waals surface area (Å²) in [4.78, 5) is 37.5. The van der Waals surface area contributed by atoms with Crippen molar-refractivity contribution in [2.75, 3.05) is 7.05 Å². The first-order chi connectivity index (χ1) is 13.8. The number of carbonyl (C=O) groups is 1. The van der Waals surface area contributed by atoms with Gasteiger partial charge < -0.3 is 4.90 Å². The second-order valence-electron chi connectivity index (χ2n) is 6.95. The van der Waals surface area contributed by atoms with Crippen molar-refractivity contribution >= 4 is 22.6 Å². The number of aryl methyl sites for hydroxylation is 2. The fourth-order valence-corrected chi connectivity index (χ4v) is 3.52. The van der Waals surface area contributed by atoms with Crippen LogP contribution in [0.15, 0.2) is 53.3 Å². The molecule has 0 fully saturated rings. The first-order valence-electron chi connectivity index (χ1n) is 9.53. The number of benzene rings is 2. The molecular formula is C21H24N4O4. The summed E-state index contributed by atoms with van der Waals surface area (Å²) < 4.78 is 3.32. The summed E-state index contributed by atoms with van der Waals surface area (Å²) in [7, 11) is 1.67. The Morgan fingerprint density at radius 2 is 1.79 bits per heavy atom. The van der Waals surface area contributed by atoms with Crippen molar-refractivity contribution in [3.63, 3.8) is 0 Å². The molecule has 1 atom stereocenters. The highest BCUT2D eigenvalue weighted by atomic mass is 16.6. The zero-order valence-electron chi connectivity index (χ0n) is 16.7. The van der Waals surface area contributed by atoms with Crippen molar-refractivity contribution in [1.29, 1.82) is 0 Å². The van der Waals surface area contributed by atoms with E-state index in [1.54, 1.807) is 33.2 Å². The normalized spacial score (nSPS) is 12.1. The number of para-hydroxylation sites is 2. The van der Waals surface area contributed by atoms with Gasteiger partial charge in [-0.15, -0.1) is 0 Å². The number of aromatic nitrogens is 2. The molecule has 0 saturated carbocycles. The van der Waals surface area contributed by atoms with Gasteiger partial charge in [0.2, 0.25) is 5.91 Å². The fourth-order valence-electron chi connectivity index (χ4n) is 3.52. The molecule has 0 aliphatic heterocycles. The molecule has 1 heterocycles. The van der Waals surface area contributed by atoms with E-state index in [0.29, 0.717) is 12.1 Å². The monoisotopic (exact) mass is 396 g/mol. The third-order valence-corrected chi connectivity index (χ3v) is 5.33. The minimum atomic E-state index is -0.450. The van der Waals surface area contributed by atoms with Gasteiger partial charge in [-0.2, -0.15) is 0 Å². The van der Waals surface area contributed by atoms with Crippen molar-refractivity contribution in [2.45, 2.75) is 39.4 Å². The lowest BCUT2D eigenvalue weighted by atomic mass is 10.1. The van der Waals surface area contributed by atoms with E-state index in [2.05, 4.69) is 0 Å². The molecule has 3 aromatic rings. The molecule has 3 rings (SSSR count). The predicted octanol–water partition coefficient (Wildman–Crippen LogP) is 3.34. The molecule has 2 aromatic carbocycles. The van der Waals surface area contributed by atoms with Crippen molar-refractivity contribution in [3.8, 4) is 0 Å². The lowest BCUT2D eigenvalue weighted by Gasteiger charge is -2.25. The van der Waals surface area contributed by atoms with Crippen molar-refractivity contribution in [2.24, 2.45) is 0 Å². The summed E-state index contributed by atoms with van der Waals surface area (Å²) in [5.41, 5.74) is 2.21. The zero-order valence-corrected chi connectivity index (χ0v) is 16.7. The summed E-state index contributed by atoms with van der Waals surface area (Å²) >= 11 is 0. The number of nitro groups is 1. The van der Waals surface area contributed by atoms with Crippen LogP contribution in [-0.2, 0) is 17.9 Å². The van der Waals surface area contributed by atoms with Crippen LogP contribution >= 0.6 is 0 Å². The van der Waals surface area contributed by atoms with Gasteiger partial charge in [-0.1, -0.05) is 24.3 Å². The van der Waals surface area contributed by atoms with Crippen LogP contribution in [-0.4, -0.2) is 31.9 Å². The smallest absolute Gasteiger partial charge is 0.329 e. The SMILES string of the molecule is CCn1c(=O)n(CCC(=O)N(C)[C@@H](C)c2cccc([N+](=O)[O-])c2)c2ccccc21. The molecule has 0 unspecified atom stereocenters. The first-order valence-corrected chi connectivity index (χ1v) is 9.53. The third-order valence-electron chi connectivity index (χ3n) is 5.33. The minimum Gasteiger partial charge on any atom is -0.339 e. The summed E-state index contributed by atoms with van der Waals surface area (Å²) in [6.07, 6.45) is 0.160. The number of fused-ring (bicyclic) bond motifs is 1. The van der Waals surface area contributed by atoms with E-state index < -0.39 is 4.92 Å². The molecular weight excluding hydrogens is 372 g/mol. The number of carbonyl (C=O) groups excluding carboxylic acids is 1. The zero-order chi connectivity index (χ0) is 21.1. The topological polar surface area (TPSA) is 90.4 Å². The Bertz CT molecular complexity index is 1120. The van der Waals surface area contributed by atoms with Gasteiger partial charge in [-0.25, -0.2) is 4.79 Å². The summed E-state index contributed by atoms with van der Waals surface area (Å²) in [6.45, 7) is 4.57. The predicted molar refractivity (Wildman–Crippen MR) is 111 cm³/mol. The number of amides is 1. The van der Waals surface area contributed by atoms with Crippen LogP contribution in [0.5, 0.6) is 0 Å². The maximum absolute atomic E-state index is 12.7. The highest BCUT2D eigenvalue weighted by Crippen LogP contribution is 2.23. The molecule has 0 radical (unpaired) electrons. The number of nitro benzene ring substituents is 1. The van der Waals surface area contributed by atoms with Crippen LogP contribution in [0.1, 0.15) is 31.9 Å². The maximum Gasteiger partial charge on any atom is 0.329 e. The van der Waals surface area contributed by atoms with Crippen molar-refractivity contribution in [3.05, 3.63) is 74.7 Å². The lowest BCUT2D eigenvalue weighted by molar-refractivity contribution is -0.384. The molecule has 8 heteroatoms. The first kappa shape index (κ1) is 20.3. The molecule has 0 spiro atoms. The van der Waals surface area contributed by atoms with E-state index in [4.69, 9.17) is 0 Å². The largest absolute Gasteiger partial charge is 0.339 e. The lowest BCUT2D eigenvalue weighted by Crippen LogP contribution is -2.32. The van der Waals surface area contributed by atoms with Gasteiger partial charge in [-0.3, -0.25) is 24.0 Å². The molecule has 0 aliphatic rings. The molecule has 8 nitrogen and oxygen atoms in total. The quantitative estimate of drug-likeness (QED) is 0.452. The van der Waals surface area contributed by atoms with Gasteiger partial charge >= 0.3 is 5.69 Å². The highest BCUT2D eigenvalue weighted by Gasteiger charge is 2.20. The number of rotatable bonds is 7. The summed E-state index contributed by atoms with van der Waals surface area (Å²) in [6, 6.07) is 13.5. The second kappa shape index (κ2) is 8.30. The Morgan fingerprint density at radius 1 is 1.14 bits per heavy atom. The van der Waals surface area contributed by atoms with E-state index >= 15 is 0 Å². The number of hydrogen-bond donors (Lipinski definition) is 0. The van der Waals surface area contributed by atoms with Gasteiger partial charge in [0.1, 0.15) is 0 Å². The highest BCUT2D eigenvalue weighted by molar-refractivity contribution is 5.78. The Labute approximate surface area is 168 Å². The average molecular weight is 396 g/mol. The number of nitrogens with zero attached hydrogens (tertiary/aromatic N) is 4. The molecule has 0 bridgehead atoms. The Hall–Kier alpha value is -3.42. The van der Waals surface area contributed by atoms with Crippen LogP contribution in [0.4, 0.5) is 5.69 Å². The van der Waals surface area contributed by atoms with Crippen molar-refractivity contribution in [1.82, 2.24) is 14.0 Å². The fraction of sp³-hybridized carbons (Fsp3) is 0.333. The Morgan fingerprint density at radius 3 is 2.41 bits per heavy atom. The number of imidazole rings is 1. The molecule has 1 aromatic heterocycles. The van der Waals surface area contributed by atoms with E-state index in [1.165, 1.54) is 12.1 Å². The second-order valence-corrected chi connectivity index (χ2v) is 6.95. The van der Waals surface area contributed by atoms with E-state index in [0.717, 1.165) is 11.0 Å². The standard InChI is InChI=1S/C21H24N4O4/c1-4-23-18-10-5-6-11-19(18)24(21(23)27)13-12-20(26)22(3)15(2)16-8-7-9-17(14-16)25(28)29/h5-11,14-15H,4,12-13H2,1-3H3/t15-/m0/s1. The molecule has 1 amide bonds. The van der Waals surface area contributed by atoms with Crippen LogP contribution in [0.3, 0.4) is 0 Å². The van der Waals surface area contributed by atoms with E-state index in [9.17, 15) is 19.7 Å². The molecule has 29 heavy (non-hydrogen) atoms. The molecule has 0 N–H and O–H groups in total. The van der Waals surface area contributed by atoms with Crippen LogP contribution in [0, 0.1) is 10.1 Å². The van der Waals surface area contributed by atoms with Crippen LogP contribution in [0.25, 0.3) is 11.0 Å². The molecule has 0 saturated heterocycles. The van der Waals surface area contributed by atoms with Gasteiger partial charge in [-0.05, 0) is 31.5 Å². The summed E-state index contributed by atoms with van der Waals surface area (Å²) in [5, 5.41) is 11.0. The third kappa shape index (κ3) is 3.91. The molecule has 0 aliphatic carbocycles. The van der Waals surface area contributed by atoms with E-state index in [-0.39, 0.29) is 36.3 Å². The van der Waals surface area contributed by atoms with Gasteiger partial charge in [0.25, 0.3) is 5.69 Å².